The first-order chi connectivity index (χ1) is 30.2. The highest BCUT2D eigenvalue weighted by atomic mass is 32.1. The Balaban J connectivity index is 1.18. The van der Waals surface area contributed by atoms with Crippen molar-refractivity contribution in [2.45, 2.75) is 20.3 Å². The summed E-state index contributed by atoms with van der Waals surface area (Å²) in [5, 5.41) is 9.85. The summed E-state index contributed by atoms with van der Waals surface area (Å²) >= 11 is 3.67. The van der Waals surface area contributed by atoms with Crippen molar-refractivity contribution in [1.29, 1.82) is 0 Å². The molecule has 12 rings (SSSR count). The van der Waals surface area contributed by atoms with Crippen LogP contribution in [0.2, 0.25) is 0 Å². The van der Waals surface area contributed by atoms with E-state index in [0.29, 0.717) is 5.96 Å². The summed E-state index contributed by atoms with van der Waals surface area (Å²) in [5.41, 5.74) is 9.68. The van der Waals surface area contributed by atoms with Crippen LogP contribution in [0.5, 0.6) is 0 Å². The van der Waals surface area contributed by atoms with Gasteiger partial charge < -0.3 is 4.57 Å². The molecule has 0 aliphatic carbocycles. The third kappa shape index (κ3) is 5.56. The number of rotatable bonds is 5. The molecular formula is C55H38N4S2. The molecule has 8 aromatic carbocycles. The van der Waals surface area contributed by atoms with E-state index in [4.69, 9.17) is 9.98 Å². The Morgan fingerprint density at radius 1 is 0.475 bits per heavy atom. The van der Waals surface area contributed by atoms with Crippen molar-refractivity contribution in [2.24, 2.45) is 9.98 Å². The molecule has 0 radical (unpaired) electrons. The van der Waals surface area contributed by atoms with Crippen LogP contribution in [0.4, 0.5) is 0 Å². The average molecular weight is 819 g/mol. The Hall–Kier alpha value is -7.12. The second-order valence-electron chi connectivity index (χ2n) is 15.6. The number of hydrogen-bond acceptors (Lipinski definition) is 3. The molecule has 12 aromatic rings. The van der Waals surface area contributed by atoms with Crippen LogP contribution in [0.25, 0.3) is 95.3 Å². The molecule has 0 amide bonds. The molecule has 0 aliphatic heterocycles. The highest BCUT2D eigenvalue weighted by Gasteiger charge is 2.23. The Bertz CT molecular complexity index is 3810. The molecule has 0 saturated heterocycles. The van der Waals surface area contributed by atoms with Crippen molar-refractivity contribution >= 4 is 124 Å². The van der Waals surface area contributed by atoms with Crippen LogP contribution in [0, 0.1) is 0 Å². The molecule has 0 fully saturated rings. The maximum Gasteiger partial charge on any atom is 0.235 e. The molecular weight excluding hydrogens is 781 g/mol. The van der Waals surface area contributed by atoms with Gasteiger partial charge in [-0.1, -0.05) is 140 Å². The second-order valence-corrected chi connectivity index (χ2v) is 17.7. The molecule has 0 aliphatic rings. The molecule has 4 heterocycles. The zero-order chi connectivity index (χ0) is 40.6. The first-order valence-electron chi connectivity index (χ1n) is 20.8. The highest BCUT2D eigenvalue weighted by molar-refractivity contribution is 7.26. The third-order valence-corrected chi connectivity index (χ3v) is 14.5. The van der Waals surface area contributed by atoms with E-state index in [-0.39, 0.29) is 0 Å². The summed E-state index contributed by atoms with van der Waals surface area (Å²) in [6.45, 7) is 4.33. The first-order valence-corrected chi connectivity index (χ1v) is 22.5. The predicted molar refractivity (Wildman–Crippen MR) is 266 cm³/mol. The number of para-hydroxylation sites is 3. The fourth-order valence-corrected chi connectivity index (χ4v) is 11.9. The number of nitrogens with zero attached hydrogens (tertiary/aromatic N) is 4. The number of allylic oxidation sites excluding steroid dienone is 1. The van der Waals surface area contributed by atoms with E-state index in [2.05, 4.69) is 205 Å². The summed E-state index contributed by atoms with van der Waals surface area (Å²) in [6.07, 6.45) is 3.08. The average Bonchev–Trinajstić information content (AvgIpc) is 4.06. The SMILES string of the molecule is CC/C=C(/N=C(N=C(C)c1cccc2c1sc1ccccc12)n1c2ccccc2c2c3c4ccccc4n(-c4ccccc4)c3ccc21)c1cccc2c1sc1ccccc12. The zero-order valence-electron chi connectivity index (χ0n) is 33.6. The molecule has 0 saturated carbocycles. The van der Waals surface area contributed by atoms with E-state index in [9.17, 15) is 0 Å². The number of thiophene rings is 2. The van der Waals surface area contributed by atoms with E-state index in [1.165, 1.54) is 72.9 Å². The van der Waals surface area contributed by atoms with Crippen LogP contribution >= 0.6 is 22.7 Å². The standard InChI is InChI=1S/C55H38N4S2/c1-3-17-44(41-27-16-26-40-38-21-10-14-31-50(38)61-54(40)41)57-55(56-34(2)36-24-15-25-39-37-20-9-13-30-49(37)60-53(36)39)59-46-29-12-8-23-43(46)52-48(59)33-32-47-51(52)42-22-7-11-28-45(42)58(47)35-18-5-4-6-19-35/h4-33H,3H2,1-2H3/b44-17+,56-34?,57-55?. The topological polar surface area (TPSA) is 34.6 Å². The van der Waals surface area contributed by atoms with Crippen molar-refractivity contribution in [3.05, 3.63) is 193 Å². The molecule has 4 aromatic heterocycles. The number of aromatic nitrogens is 2. The Labute approximate surface area is 360 Å². The van der Waals surface area contributed by atoms with Crippen molar-refractivity contribution in [2.75, 3.05) is 0 Å². The lowest BCUT2D eigenvalue weighted by molar-refractivity contribution is 1.18. The van der Waals surface area contributed by atoms with Crippen LogP contribution in [-0.4, -0.2) is 20.8 Å². The van der Waals surface area contributed by atoms with E-state index in [1.807, 2.05) is 22.7 Å². The Morgan fingerprint density at radius 2 is 1.00 bits per heavy atom. The molecule has 0 spiro atoms. The van der Waals surface area contributed by atoms with Gasteiger partial charge in [-0.2, -0.15) is 0 Å². The van der Waals surface area contributed by atoms with Gasteiger partial charge in [-0.3, -0.25) is 4.57 Å². The quantitative estimate of drug-likeness (QED) is 0.122. The molecule has 0 unspecified atom stereocenters. The van der Waals surface area contributed by atoms with E-state index >= 15 is 0 Å². The second kappa shape index (κ2) is 14.3. The smallest absolute Gasteiger partial charge is 0.235 e. The fourth-order valence-electron chi connectivity index (χ4n) is 9.42. The molecule has 6 heteroatoms. The van der Waals surface area contributed by atoms with E-state index in [0.717, 1.165) is 45.7 Å². The third-order valence-electron chi connectivity index (χ3n) is 12.0. The monoisotopic (exact) mass is 818 g/mol. The van der Waals surface area contributed by atoms with Crippen LogP contribution < -0.4 is 0 Å². The van der Waals surface area contributed by atoms with Crippen molar-refractivity contribution in [3.8, 4) is 5.69 Å². The minimum Gasteiger partial charge on any atom is -0.309 e. The van der Waals surface area contributed by atoms with Crippen molar-refractivity contribution in [3.63, 3.8) is 0 Å². The zero-order valence-corrected chi connectivity index (χ0v) is 35.3. The van der Waals surface area contributed by atoms with Gasteiger partial charge >= 0.3 is 0 Å². The van der Waals surface area contributed by atoms with E-state index in [1.54, 1.807) is 0 Å². The lowest BCUT2D eigenvalue weighted by Gasteiger charge is -2.12. The normalized spacial score (nSPS) is 13.1. The van der Waals surface area contributed by atoms with Crippen LogP contribution in [0.1, 0.15) is 31.4 Å². The summed E-state index contributed by atoms with van der Waals surface area (Å²) < 4.78 is 9.73. The first kappa shape index (κ1) is 35.8. The van der Waals surface area contributed by atoms with Gasteiger partial charge in [0.05, 0.1) is 33.5 Å². The van der Waals surface area contributed by atoms with Gasteiger partial charge in [0.1, 0.15) is 0 Å². The van der Waals surface area contributed by atoms with Gasteiger partial charge in [-0.15, -0.1) is 22.7 Å². The van der Waals surface area contributed by atoms with Gasteiger partial charge in [0.2, 0.25) is 5.96 Å². The maximum atomic E-state index is 5.74. The summed E-state index contributed by atoms with van der Waals surface area (Å²) in [6, 6.07) is 63.5. The fraction of sp³-hybridized carbons (Fsp3) is 0.0545. The Morgan fingerprint density at radius 3 is 1.69 bits per heavy atom. The maximum absolute atomic E-state index is 5.74. The summed E-state index contributed by atoms with van der Waals surface area (Å²) in [5.74, 6) is 0.630. The number of aliphatic imine (C=N–C) groups is 2. The number of fused-ring (bicyclic) bond motifs is 13. The summed E-state index contributed by atoms with van der Waals surface area (Å²) in [4.78, 5) is 11.4. The largest absolute Gasteiger partial charge is 0.309 e. The lowest BCUT2D eigenvalue weighted by Crippen LogP contribution is -2.13. The molecule has 4 nitrogen and oxygen atoms in total. The minimum absolute atomic E-state index is 0.630. The highest BCUT2D eigenvalue weighted by Crippen LogP contribution is 2.43. The number of benzene rings is 8. The van der Waals surface area contributed by atoms with Gasteiger partial charge in [0, 0.05) is 78.7 Å². The van der Waals surface area contributed by atoms with Gasteiger partial charge in [-0.25, -0.2) is 9.98 Å². The van der Waals surface area contributed by atoms with Crippen molar-refractivity contribution in [1.82, 2.24) is 9.13 Å². The molecule has 0 atom stereocenters. The number of hydrogen-bond donors (Lipinski definition) is 0. The molecule has 0 N–H and O–H groups in total. The molecule has 0 bridgehead atoms. The summed E-state index contributed by atoms with van der Waals surface area (Å²) in [7, 11) is 0. The predicted octanol–water partition coefficient (Wildman–Crippen LogP) is 15.8. The van der Waals surface area contributed by atoms with Crippen LogP contribution in [0.15, 0.2) is 192 Å². The molecule has 61 heavy (non-hydrogen) atoms. The van der Waals surface area contributed by atoms with Crippen LogP contribution in [0.3, 0.4) is 0 Å². The van der Waals surface area contributed by atoms with Crippen molar-refractivity contribution < 1.29 is 0 Å². The van der Waals surface area contributed by atoms with Gasteiger partial charge in [-0.05, 0) is 61.9 Å². The van der Waals surface area contributed by atoms with Gasteiger partial charge in [0.25, 0.3) is 0 Å². The van der Waals surface area contributed by atoms with E-state index < -0.39 is 0 Å². The van der Waals surface area contributed by atoms with Gasteiger partial charge in [0.15, 0.2) is 0 Å². The van der Waals surface area contributed by atoms with Crippen LogP contribution in [-0.2, 0) is 0 Å². The molecule has 290 valence electrons. The Kier molecular flexibility index (Phi) is 8.37. The lowest BCUT2D eigenvalue weighted by atomic mass is 10.1. The minimum atomic E-state index is 0.630.